The van der Waals surface area contributed by atoms with E-state index in [1.807, 2.05) is 30.3 Å². The summed E-state index contributed by atoms with van der Waals surface area (Å²) in [5.41, 5.74) is 4.94. The van der Waals surface area contributed by atoms with Crippen molar-refractivity contribution in [3.05, 3.63) is 35.9 Å². The average molecular weight is 348 g/mol. The van der Waals surface area contributed by atoms with Crippen molar-refractivity contribution in [2.45, 2.75) is 64.2 Å². The molecule has 1 atom stereocenters. The highest BCUT2D eigenvalue weighted by Gasteiger charge is 2.32. The van der Waals surface area contributed by atoms with Crippen molar-refractivity contribution in [3.63, 3.8) is 0 Å². The number of ketones is 1. The molecule has 0 fully saturated rings. The van der Waals surface area contributed by atoms with Crippen molar-refractivity contribution < 1.29 is 23.9 Å². The van der Waals surface area contributed by atoms with E-state index in [-0.39, 0.29) is 18.6 Å². The molecule has 0 unspecified atom stereocenters. The summed E-state index contributed by atoms with van der Waals surface area (Å²) < 4.78 is 10.1. The number of rotatable bonds is 10. The van der Waals surface area contributed by atoms with Crippen LogP contribution in [0, 0.1) is 0 Å². The van der Waals surface area contributed by atoms with Crippen LogP contribution in [0.4, 0.5) is 0 Å². The van der Waals surface area contributed by atoms with Gasteiger partial charge in [0.05, 0.1) is 12.5 Å². The highest BCUT2D eigenvalue weighted by Crippen LogP contribution is 2.21. The number of esters is 1. The zero-order chi connectivity index (χ0) is 19.1. The van der Waals surface area contributed by atoms with Crippen LogP contribution in [0.1, 0.15) is 46.1 Å². The summed E-state index contributed by atoms with van der Waals surface area (Å²) >= 11 is 0. The summed E-state index contributed by atoms with van der Waals surface area (Å²) in [6, 6.07) is 8.82. The van der Waals surface area contributed by atoms with Crippen LogP contribution < -0.4 is 5.73 Å². The predicted octanol–water partition coefficient (Wildman–Crippen LogP) is 2.09. The first-order valence-electron chi connectivity index (χ1n) is 8.14. The van der Waals surface area contributed by atoms with E-state index in [0.717, 1.165) is 5.56 Å². The molecule has 1 rings (SSSR count). The Labute approximate surface area is 148 Å². The van der Waals surface area contributed by atoms with E-state index >= 15 is 0 Å². The van der Waals surface area contributed by atoms with Gasteiger partial charge in [-0.2, -0.15) is 0 Å². The molecule has 0 aromatic heterocycles. The Balaban J connectivity index is 2.56. The third kappa shape index (κ3) is 7.94. The molecular formula is C19H26NO5. The number of hydrogen-bond acceptors (Lipinski definition) is 6. The van der Waals surface area contributed by atoms with Crippen LogP contribution in [0.3, 0.4) is 0 Å². The molecule has 0 saturated heterocycles. The van der Waals surface area contributed by atoms with Crippen LogP contribution in [-0.2, 0) is 30.3 Å². The highest BCUT2D eigenvalue weighted by atomic mass is 16.6. The Bertz CT molecular complexity index is 595. The number of carbonyl (C=O) groups is 2. The lowest BCUT2D eigenvalue weighted by Crippen LogP contribution is -2.40. The smallest absolute Gasteiger partial charge is 0.418 e. The van der Waals surface area contributed by atoms with E-state index in [4.69, 9.17) is 15.2 Å². The molecule has 0 saturated carbocycles. The minimum absolute atomic E-state index is 0.00777. The molecule has 137 valence electrons. The van der Waals surface area contributed by atoms with Gasteiger partial charge in [-0.1, -0.05) is 30.3 Å². The Morgan fingerprint density at radius 1 is 1.08 bits per heavy atom. The summed E-state index contributed by atoms with van der Waals surface area (Å²) in [6.07, 6.45) is 0.309. The lowest BCUT2D eigenvalue weighted by atomic mass is 9.94. The van der Waals surface area contributed by atoms with Gasteiger partial charge in [0.1, 0.15) is 11.2 Å². The lowest BCUT2D eigenvalue weighted by Gasteiger charge is -2.28. The fourth-order valence-corrected chi connectivity index (χ4v) is 2.41. The van der Waals surface area contributed by atoms with Crippen molar-refractivity contribution >= 4 is 18.2 Å². The maximum Gasteiger partial charge on any atom is 0.418 e. The number of Topliss-reactive ketones (excluding diaryl/α,β-unsaturated/α-hetero) is 1. The molecule has 6 heteroatoms. The average Bonchev–Trinajstić information content (AvgIpc) is 2.45. The van der Waals surface area contributed by atoms with Crippen molar-refractivity contribution in [2.75, 3.05) is 0 Å². The van der Waals surface area contributed by atoms with Crippen molar-refractivity contribution in [2.24, 2.45) is 5.73 Å². The zero-order valence-electron chi connectivity index (χ0n) is 15.2. The summed E-state index contributed by atoms with van der Waals surface area (Å²) in [6.45, 7) is 7.77. The fraction of sp³-hybridized carbons (Fsp3) is 0.526. The molecule has 1 aromatic rings. The Morgan fingerprint density at radius 2 is 1.68 bits per heavy atom. The van der Waals surface area contributed by atoms with E-state index in [9.17, 15) is 14.4 Å². The Hall–Kier alpha value is -2.21. The third-order valence-electron chi connectivity index (χ3n) is 3.59. The summed E-state index contributed by atoms with van der Waals surface area (Å²) in [7, 11) is 0. The zero-order valence-corrected chi connectivity index (χ0v) is 15.2. The fourth-order valence-electron chi connectivity index (χ4n) is 2.41. The van der Waals surface area contributed by atoms with Gasteiger partial charge in [-0.3, -0.25) is 9.59 Å². The second-order valence-corrected chi connectivity index (χ2v) is 7.29. The standard InChI is InChI=1S/C19H26NO5/c1-18(2,24-13-21)12-17(23)25-19(3,4)11-16(22)15(20)10-14-8-6-5-7-9-14/h5-9,15H,10-12,20H2,1-4H3/t15-/m0/s1. The van der Waals surface area contributed by atoms with E-state index in [1.54, 1.807) is 27.7 Å². The molecule has 6 nitrogen and oxygen atoms in total. The molecule has 1 radical (unpaired) electrons. The third-order valence-corrected chi connectivity index (χ3v) is 3.59. The van der Waals surface area contributed by atoms with Crippen LogP contribution in [0.25, 0.3) is 0 Å². The molecular weight excluding hydrogens is 322 g/mol. The first-order valence-corrected chi connectivity index (χ1v) is 8.14. The lowest BCUT2D eigenvalue weighted by molar-refractivity contribution is -0.161. The summed E-state index contributed by atoms with van der Waals surface area (Å²) in [4.78, 5) is 34.7. The molecule has 0 amide bonds. The van der Waals surface area contributed by atoms with Crippen molar-refractivity contribution in [3.8, 4) is 0 Å². The van der Waals surface area contributed by atoms with Gasteiger partial charge in [0.2, 0.25) is 0 Å². The summed E-state index contributed by atoms with van der Waals surface area (Å²) in [5, 5.41) is 0. The molecule has 0 spiro atoms. The van der Waals surface area contributed by atoms with Crippen LogP contribution in [0.5, 0.6) is 0 Å². The maximum absolute atomic E-state index is 12.3. The van der Waals surface area contributed by atoms with Crippen molar-refractivity contribution in [1.29, 1.82) is 0 Å². The van der Waals surface area contributed by atoms with Gasteiger partial charge < -0.3 is 15.2 Å². The summed E-state index contributed by atoms with van der Waals surface area (Å²) in [5.74, 6) is -0.743. The molecule has 0 aliphatic rings. The first kappa shape index (κ1) is 20.8. The monoisotopic (exact) mass is 348 g/mol. The number of ether oxygens (including phenoxy) is 2. The molecule has 25 heavy (non-hydrogen) atoms. The Kier molecular flexibility index (Phi) is 7.30. The van der Waals surface area contributed by atoms with Crippen LogP contribution in [0.2, 0.25) is 0 Å². The van der Waals surface area contributed by atoms with Gasteiger partial charge >= 0.3 is 12.4 Å². The van der Waals surface area contributed by atoms with Gasteiger partial charge in [-0.05, 0) is 39.7 Å². The quantitative estimate of drug-likeness (QED) is 0.651. The number of nitrogens with two attached hydrogens (primary N) is 1. The molecule has 0 bridgehead atoms. The van der Waals surface area contributed by atoms with Gasteiger partial charge in [-0.15, -0.1) is 0 Å². The predicted molar refractivity (Wildman–Crippen MR) is 93.4 cm³/mol. The topological polar surface area (TPSA) is 95.7 Å². The van der Waals surface area contributed by atoms with E-state index in [1.165, 1.54) is 6.47 Å². The van der Waals surface area contributed by atoms with Crippen LogP contribution in [-0.4, -0.2) is 35.5 Å². The molecule has 0 heterocycles. The minimum atomic E-state index is -1.01. The second kappa shape index (κ2) is 8.76. The van der Waals surface area contributed by atoms with E-state index in [0.29, 0.717) is 6.42 Å². The number of carbonyl (C=O) groups excluding carboxylic acids is 3. The number of benzene rings is 1. The van der Waals surface area contributed by atoms with E-state index in [2.05, 4.69) is 0 Å². The molecule has 0 aliphatic carbocycles. The van der Waals surface area contributed by atoms with Gasteiger partial charge in [0, 0.05) is 6.42 Å². The SMILES string of the molecule is CC(C)(CC(=O)OC(C)(C)CC(=O)[C@@H](N)Cc1ccccc1)O[C]=O. The van der Waals surface area contributed by atoms with Crippen LogP contribution in [0.15, 0.2) is 30.3 Å². The second-order valence-electron chi connectivity index (χ2n) is 7.29. The van der Waals surface area contributed by atoms with Gasteiger partial charge in [-0.25, -0.2) is 4.79 Å². The van der Waals surface area contributed by atoms with Gasteiger partial charge in [0.25, 0.3) is 0 Å². The Morgan fingerprint density at radius 3 is 2.24 bits per heavy atom. The minimum Gasteiger partial charge on any atom is -0.459 e. The van der Waals surface area contributed by atoms with Gasteiger partial charge in [0.15, 0.2) is 5.78 Å². The van der Waals surface area contributed by atoms with Crippen molar-refractivity contribution in [1.82, 2.24) is 0 Å². The first-order chi connectivity index (χ1) is 11.5. The normalized spacial score (nSPS) is 13.0. The molecule has 1 aromatic carbocycles. The molecule has 2 N–H and O–H groups in total. The largest absolute Gasteiger partial charge is 0.459 e. The maximum atomic E-state index is 12.3. The highest BCUT2D eigenvalue weighted by molar-refractivity contribution is 5.85. The van der Waals surface area contributed by atoms with E-state index < -0.39 is 23.2 Å². The van der Waals surface area contributed by atoms with Crippen LogP contribution >= 0.6 is 0 Å². The molecule has 0 aliphatic heterocycles. The number of hydrogen-bond donors (Lipinski definition) is 1.